The molecule has 0 aliphatic carbocycles. The summed E-state index contributed by atoms with van der Waals surface area (Å²) in [5.74, 6) is 3.99. The molecule has 3 fully saturated rings. The Hall–Kier alpha value is -7.55. The maximum Gasteiger partial charge on any atom is 0.127 e. The number of nitrogens with zero attached hydrogens (tertiary/aromatic N) is 2. The summed E-state index contributed by atoms with van der Waals surface area (Å²) in [7, 11) is 0. The molecular weight excluding hydrogens is 1030 g/mol. The van der Waals surface area contributed by atoms with Gasteiger partial charge in [0.25, 0.3) is 0 Å². The predicted molar refractivity (Wildman–Crippen MR) is 339 cm³/mol. The van der Waals surface area contributed by atoms with E-state index in [1.165, 1.54) is 88.4 Å². The summed E-state index contributed by atoms with van der Waals surface area (Å²) in [5, 5.41) is 7.93. The van der Waals surface area contributed by atoms with Crippen LogP contribution in [0.4, 0.5) is 0 Å². The fourth-order valence-corrected chi connectivity index (χ4v) is 17.9. The molecule has 392 valence electrons. The van der Waals surface area contributed by atoms with Crippen molar-refractivity contribution in [2.24, 2.45) is 5.92 Å². The van der Waals surface area contributed by atoms with Gasteiger partial charge in [-0.15, -0.1) is 35.3 Å². The van der Waals surface area contributed by atoms with Gasteiger partial charge in [-0.25, -0.2) is 0 Å². The summed E-state index contributed by atoms with van der Waals surface area (Å²) in [6.45, 7) is 2.48. The van der Waals surface area contributed by atoms with Crippen molar-refractivity contribution in [1.82, 2.24) is 9.13 Å². The standard InChI is InChI=1S/C73H60N2O2S3/c1-47-42-72(52-28-36-66-62(45-52)60-43-50(26-34-64(60)74(66)54-14-6-2-7-15-54)70-40-38-68(78-70)48-22-30-58(31-23-48)76-56-18-10-4-11-19-56)80-73(47)53-29-37-67-63(46-53)61-44-51(27-35-65(61)75(67)55-16-8-3-9-17-55)71-41-39-69(79-71)49-24-32-59(33-25-49)77-57-20-12-5-13-21-57/h2-37,43-47,68-73H,38-42H2,1H3. The van der Waals surface area contributed by atoms with Crippen LogP contribution in [0.25, 0.3) is 55.0 Å². The van der Waals surface area contributed by atoms with Crippen molar-refractivity contribution in [3.63, 3.8) is 0 Å². The molecule has 10 aromatic carbocycles. The van der Waals surface area contributed by atoms with E-state index in [0.717, 1.165) is 55.1 Å². The first-order valence-electron chi connectivity index (χ1n) is 28.4. The number of fused-ring (bicyclic) bond motifs is 6. The minimum Gasteiger partial charge on any atom is -0.457 e. The van der Waals surface area contributed by atoms with Crippen LogP contribution in [0.3, 0.4) is 0 Å². The number of para-hydroxylation sites is 4. The van der Waals surface area contributed by atoms with Crippen LogP contribution >= 0.6 is 35.3 Å². The number of aromatic nitrogens is 2. The molecule has 0 radical (unpaired) electrons. The highest BCUT2D eigenvalue weighted by molar-refractivity contribution is 8.00. The van der Waals surface area contributed by atoms with Crippen LogP contribution in [0.5, 0.6) is 23.0 Å². The van der Waals surface area contributed by atoms with Gasteiger partial charge in [-0.1, -0.05) is 128 Å². The Labute approximate surface area is 481 Å². The van der Waals surface area contributed by atoms with Gasteiger partial charge in [0, 0.05) is 64.4 Å². The first-order chi connectivity index (χ1) is 39.5. The average Bonchev–Trinajstić information content (AvgIpc) is 4.49. The molecule has 3 aliphatic heterocycles. The van der Waals surface area contributed by atoms with Gasteiger partial charge >= 0.3 is 0 Å². The number of rotatable bonds is 12. The van der Waals surface area contributed by atoms with E-state index >= 15 is 0 Å². The number of hydrogen-bond acceptors (Lipinski definition) is 5. The van der Waals surface area contributed by atoms with Crippen LogP contribution in [0.15, 0.2) is 243 Å². The lowest BCUT2D eigenvalue weighted by Gasteiger charge is -2.16. The normalized spacial score (nSPS) is 21.0. The van der Waals surface area contributed by atoms with Crippen molar-refractivity contribution in [3.05, 3.63) is 276 Å². The van der Waals surface area contributed by atoms with E-state index in [4.69, 9.17) is 9.47 Å². The SMILES string of the molecule is CC1CC(c2ccc3c(c2)c2cc(C4CCC(c5ccc(Oc6ccccc6)cc5)S4)ccc2n3-c2ccccc2)SC1c1ccc2c(c1)c1cc(C3CCC(c4ccc(Oc5ccccc5)cc4)S3)ccc1n2-c1ccccc1. The molecule has 0 spiro atoms. The molecule has 0 N–H and O–H groups in total. The molecule has 80 heavy (non-hydrogen) atoms. The smallest absolute Gasteiger partial charge is 0.127 e. The van der Waals surface area contributed by atoms with Crippen molar-refractivity contribution < 1.29 is 9.47 Å². The molecule has 7 unspecified atom stereocenters. The minimum absolute atomic E-state index is 0.381. The molecule has 12 aromatic rings. The second kappa shape index (κ2) is 21.2. The molecule has 3 aliphatic rings. The van der Waals surface area contributed by atoms with Gasteiger partial charge in [-0.05, 0) is 193 Å². The molecule has 0 bridgehead atoms. The number of hydrogen-bond donors (Lipinski definition) is 0. The zero-order chi connectivity index (χ0) is 53.1. The summed E-state index contributed by atoms with van der Waals surface area (Å²) in [4.78, 5) is 0. The van der Waals surface area contributed by atoms with E-state index in [1.54, 1.807) is 0 Å². The molecule has 0 amide bonds. The molecule has 2 aromatic heterocycles. The van der Waals surface area contributed by atoms with Gasteiger partial charge in [0.2, 0.25) is 0 Å². The van der Waals surface area contributed by atoms with E-state index in [0.29, 0.717) is 37.4 Å². The van der Waals surface area contributed by atoms with E-state index in [2.05, 4.69) is 233 Å². The highest BCUT2D eigenvalue weighted by Gasteiger charge is 2.36. The second-order valence-corrected chi connectivity index (χ2v) is 26.2. The molecular formula is C73H60N2O2S3. The molecule has 5 heterocycles. The molecule has 15 rings (SSSR count). The third kappa shape index (κ3) is 9.37. The highest BCUT2D eigenvalue weighted by atomic mass is 32.2. The molecule has 4 nitrogen and oxygen atoms in total. The first-order valence-corrected chi connectivity index (χ1v) is 31.2. The fraction of sp³-hybridized carbons (Fsp3) is 0.178. The average molecular weight is 1090 g/mol. The monoisotopic (exact) mass is 1090 g/mol. The largest absolute Gasteiger partial charge is 0.457 e. The van der Waals surface area contributed by atoms with E-state index in [-0.39, 0.29) is 0 Å². The predicted octanol–water partition coefficient (Wildman–Crippen LogP) is 21.6. The van der Waals surface area contributed by atoms with Gasteiger partial charge in [-0.2, -0.15) is 0 Å². The van der Waals surface area contributed by atoms with Gasteiger partial charge in [0.1, 0.15) is 23.0 Å². The van der Waals surface area contributed by atoms with Crippen molar-refractivity contribution in [1.29, 1.82) is 0 Å². The Morgan fingerprint density at radius 1 is 0.312 bits per heavy atom. The van der Waals surface area contributed by atoms with Gasteiger partial charge in [0.15, 0.2) is 0 Å². The Bertz CT molecular complexity index is 4180. The summed E-state index contributed by atoms with van der Waals surface area (Å²) in [6, 6.07) is 88.9. The zero-order valence-electron chi connectivity index (χ0n) is 44.6. The molecule has 0 saturated carbocycles. The minimum atomic E-state index is 0.381. The lowest BCUT2D eigenvalue weighted by Crippen LogP contribution is -1.99. The van der Waals surface area contributed by atoms with Crippen LogP contribution < -0.4 is 9.47 Å². The highest BCUT2D eigenvalue weighted by Crippen LogP contribution is 2.58. The lowest BCUT2D eigenvalue weighted by molar-refractivity contribution is 0.482. The summed E-state index contributed by atoms with van der Waals surface area (Å²) >= 11 is 6.40. The first kappa shape index (κ1) is 49.5. The Balaban J connectivity index is 0.715. The van der Waals surface area contributed by atoms with Crippen LogP contribution in [0.2, 0.25) is 0 Å². The number of benzene rings is 10. The molecule has 3 saturated heterocycles. The Morgan fingerprint density at radius 3 is 1.02 bits per heavy atom. The maximum atomic E-state index is 6.13. The van der Waals surface area contributed by atoms with Crippen LogP contribution in [0, 0.1) is 5.92 Å². The Morgan fingerprint density at radius 2 is 0.625 bits per heavy atom. The van der Waals surface area contributed by atoms with Crippen molar-refractivity contribution in [2.75, 3.05) is 0 Å². The maximum absolute atomic E-state index is 6.13. The van der Waals surface area contributed by atoms with Gasteiger partial charge in [0.05, 0.1) is 22.1 Å². The Kier molecular flexibility index (Phi) is 13.1. The summed E-state index contributed by atoms with van der Waals surface area (Å²) < 4.78 is 17.2. The number of thioether (sulfide) groups is 3. The van der Waals surface area contributed by atoms with Gasteiger partial charge < -0.3 is 18.6 Å². The van der Waals surface area contributed by atoms with Crippen LogP contribution in [-0.4, -0.2) is 9.13 Å². The van der Waals surface area contributed by atoms with E-state index < -0.39 is 0 Å². The third-order valence-electron chi connectivity index (χ3n) is 17.0. The van der Waals surface area contributed by atoms with Crippen molar-refractivity contribution in [2.45, 2.75) is 70.5 Å². The summed E-state index contributed by atoms with van der Waals surface area (Å²) in [6.07, 6.45) is 5.77. The lowest BCUT2D eigenvalue weighted by atomic mass is 9.93. The van der Waals surface area contributed by atoms with E-state index in [1.807, 2.05) is 60.7 Å². The zero-order valence-corrected chi connectivity index (χ0v) is 47.1. The molecule has 7 heteroatoms. The van der Waals surface area contributed by atoms with Crippen molar-refractivity contribution >= 4 is 78.9 Å². The summed E-state index contributed by atoms with van der Waals surface area (Å²) in [5.41, 5.74) is 15.9. The quantitative estimate of drug-likeness (QED) is 0.122. The van der Waals surface area contributed by atoms with E-state index in [9.17, 15) is 0 Å². The van der Waals surface area contributed by atoms with Crippen LogP contribution in [-0.2, 0) is 0 Å². The fourth-order valence-electron chi connectivity index (χ4n) is 13.1. The topological polar surface area (TPSA) is 28.3 Å². The van der Waals surface area contributed by atoms with Crippen LogP contribution in [0.1, 0.15) is 104 Å². The molecule has 7 atom stereocenters. The second-order valence-electron chi connectivity index (χ2n) is 22.1. The number of ether oxygens (including phenoxy) is 2. The van der Waals surface area contributed by atoms with Crippen molar-refractivity contribution in [3.8, 4) is 34.4 Å². The van der Waals surface area contributed by atoms with Gasteiger partial charge in [-0.3, -0.25) is 0 Å². The third-order valence-corrected chi connectivity index (χ3v) is 22.2.